The number of phenols is 1. The molecule has 0 saturated carbocycles. The second-order valence-corrected chi connectivity index (χ2v) is 7.45. The van der Waals surface area contributed by atoms with Crippen LogP contribution in [0.5, 0.6) is 5.75 Å². The molecule has 1 aromatic carbocycles. The van der Waals surface area contributed by atoms with Crippen molar-refractivity contribution >= 4 is 29.0 Å². The van der Waals surface area contributed by atoms with Gasteiger partial charge in [0, 0.05) is 10.3 Å². The maximum absolute atomic E-state index is 11.3. The van der Waals surface area contributed by atoms with Gasteiger partial charge in [-0.25, -0.2) is 0 Å². The van der Waals surface area contributed by atoms with Gasteiger partial charge in [-0.3, -0.25) is 4.79 Å². The zero-order chi connectivity index (χ0) is 16.7. The zero-order valence-electron chi connectivity index (χ0n) is 13.1. The summed E-state index contributed by atoms with van der Waals surface area (Å²) >= 11 is 3.34. The number of aliphatic carboxylic acids is 1. The first kappa shape index (κ1) is 17.3. The zero-order valence-corrected chi connectivity index (χ0v) is 14.7. The fourth-order valence-electron chi connectivity index (χ4n) is 2.42. The third-order valence-electron chi connectivity index (χ3n) is 4.38. The summed E-state index contributed by atoms with van der Waals surface area (Å²) in [5.74, 6) is -1.54. The molecular weight excluding hydrogens is 351 g/mol. The van der Waals surface area contributed by atoms with Gasteiger partial charge in [-0.1, -0.05) is 15.9 Å². The summed E-state index contributed by atoms with van der Waals surface area (Å²) in [7, 11) is -0.735. The lowest BCUT2D eigenvalue weighted by atomic mass is 9.66. The fourth-order valence-corrected chi connectivity index (χ4v) is 2.79. The summed E-state index contributed by atoms with van der Waals surface area (Å²) in [6.45, 7) is 7.63. The average Bonchev–Trinajstić information content (AvgIpc) is 2.58. The number of carboxylic acids is 1. The molecule has 0 amide bonds. The molecule has 5 nitrogen and oxygen atoms in total. The Balaban J connectivity index is 2.40. The Kier molecular flexibility index (Phi) is 4.62. The van der Waals surface area contributed by atoms with Crippen molar-refractivity contribution < 1.29 is 24.3 Å². The topological polar surface area (TPSA) is 76.0 Å². The summed E-state index contributed by atoms with van der Waals surface area (Å²) in [4.78, 5) is 11.3. The lowest BCUT2D eigenvalue weighted by molar-refractivity contribution is -0.137. The molecule has 1 aliphatic heterocycles. The molecule has 0 spiro atoms. The van der Waals surface area contributed by atoms with Crippen LogP contribution in [0.25, 0.3) is 0 Å². The Bertz CT molecular complexity index is 571. The van der Waals surface area contributed by atoms with Crippen LogP contribution in [-0.4, -0.2) is 34.5 Å². The van der Waals surface area contributed by atoms with E-state index in [0.29, 0.717) is 5.56 Å². The van der Waals surface area contributed by atoms with Crippen LogP contribution in [0.3, 0.4) is 0 Å². The van der Waals surface area contributed by atoms with Crippen LogP contribution >= 0.6 is 15.9 Å². The summed E-state index contributed by atoms with van der Waals surface area (Å²) < 4.78 is 12.7. The van der Waals surface area contributed by atoms with E-state index in [2.05, 4.69) is 15.9 Å². The van der Waals surface area contributed by atoms with E-state index < -0.39 is 30.1 Å². The van der Waals surface area contributed by atoms with Crippen molar-refractivity contribution in [2.24, 2.45) is 0 Å². The Morgan fingerprint density at radius 3 is 2.32 bits per heavy atom. The quantitative estimate of drug-likeness (QED) is 0.795. The first-order valence-electron chi connectivity index (χ1n) is 7.09. The monoisotopic (exact) mass is 370 g/mol. The molecule has 22 heavy (non-hydrogen) atoms. The lowest BCUT2D eigenvalue weighted by Gasteiger charge is -2.32. The highest BCUT2D eigenvalue weighted by molar-refractivity contribution is 9.10. The highest BCUT2D eigenvalue weighted by atomic mass is 79.9. The van der Waals surface area contributed by atoms with E-state index in [1.807, 2.05) is 27.7 Å². The Labute approximate surface area is 138 Å². The Morgan fingerprint density at radius 2 is 1.82 bits per heavy atom. The molecule has 1 saturated heterocycles. The molecule has 2 rings (SSSR count). The maximum atomic E-state index is 11.3. The van der Waals surface area contributed by atoms with Gasteiger partial charge in [0.1, 0.15) is 5.75 Å². The highest BCUT2D eigenvalue weighted by Gasteiger charge is 2.54. The van der Waals surface area contributed by atoms with Gasteiger partial charge in [0.05, 0.1) is 17.6 Å². The van der Waals surface area contributed by atoms with Crippen molar-refractivity contribution in [2.45, 2.75) is 51.1 Å². The minimum absolute atomic E-state index is 0.0316. The number of halogens is 1. The molecular formula is C15H20BBrO5. The summed E-state index contributed by atoms with van der Waals surface area (Å²) in [5.41, 5.74) is -0.623. The number of hydrogen-bond donors (Lipinski definition) is 2. The standard InChI is InChI=1S/C15H20BBrO5/c1-14(2)15(3,4)22-16(21-14)11(8-13(19)20)10-7-9(17)5-6-12(10)18/h5-7,11,18H,8H2,1-4H3,(H,19,20). The van der Waals surface area contributed by atoms with Gasteiger partial charge in [0.25, 0.3) is 0 Å². The lowest BCUT2D eigenvalue weighted by Crippen LogP contribution is -2.41. The highest BCUT2D eigenvalue weighted by Crippen LogP contribution is 2.43. The molecule has 0 aromatic heterocycles. The predicted octanol–water partition coefficient (Wildman–Crippen LogP) is 3.34. The predicted molar refractivity (Wildman–Crippen MR) is 86.9 cm³/mol. The normalized spacial score (nSPS) is 20.9. The van der Waals surface area contributed by atoms with Crippen molar-refractivity contribution in [1.82, 2.24) is 0 Å². The van der Waals surface area contributed by atoms with Crippen LogP contribution in [-0.2, 0) is 14.1 Å². The van der Waals surface area contributed by atoms with E-state index in [0.717, 1.165) is 4.47 Å². The van der Waals surface area contributed by atoms with Crippen molar-refractivity contribution in [3.63, 3.8) is 0 Å². The van der Waals surface area contributed by atoms with E-state index in [1.165, 1.54) is 6.07 Å². The third-order valence-corrected chi connectivity index (χ3v) is 4.88. The van der Waals surface area contributed by atoms with E-state index in [9.17, 15) is 15.0 Å². The summed E-state index contributed by atoms with van der Waals surface area (Å²) in [5, 5.41) is 19.3. The van der Waals surface area contributed by atoms with Gasteiger partial charge in [-0.15, -0.1) is 0 Å². The largest absolute Gasteiger partial charge is 0.508 e. The van der Waals surface area contributed by atoms with E-state index in [-0.39, 0.29) is 12.2 Å². The molecule has 120 valence electrons. The van der Waals surface area contributed by atoms with Crippen LogP contribution in [0.4, 0.5) is 0 Å². The number of hydrogen-bond acceptors (Lipinski definition) is 4. The molecule has 1 aliphatic rings. The molecule has 1 unspecified atom stereocenters. The third kappa shape index (κ3) is 3.31. The molecule has 1 aromatic rings. The van der Waals surface area contributed by atoms with Crippen molar-refractivity contribution in [2.75, 3.05) is 0 Å². The molecule has 0 radical (unpaired) electrons. The van der Waals surface area contributed by atoms with Crippen LogP contribution in [0.1, 0.15) is 45.5 Å². The Morgan fingerprint density at radius 1 is 1.27 bits per heavy atom. The van der Waals surface area contributed by atoms with Gasteiger partial charge >= 0.3 is 13.1 Å². The van der Waals surface area contributed by atoms with E-state index in [4.69, 9.17) is 9.31 Å². The van der Waals surface area contributed by atoms with Crippen molar-refractivity contribution in [1.29, 1.82) is 0 Å². The van der Waals surface area contributed by atoms with Crippen LogP contribution < -0.4 is 0 Å². The first-order chi connectivity index (χ1) is 10.0. The van der Waals surface area contributed by atoms with Gasteiger partial charge < -0.3 is 19.5 Å². The van der Waals surface area contributed by atoms with Gasteiger partial charge in [0.2, 0.25) is 0 Å². The maximum Gasteiger partial charge on any atom is 0.466 e. The molecule has 0 bridgehead atoms. The Hall–Kier alpha value is -1.05. The SMILES string of the molecule is CC1(C)OB(C(CC(=O)O)c2cc(Br)ccc2O)OC1(C)C. The molecule has 1 atom stereocenters. The molecule has 1 fully saturated rings. The van der Waals surface area contributed by atoms with Gasteiger partial charge in [-0.2, -0.15) is 0 Å². The van der Waals surface area contributed by atoms with Crippen molar-refractivity contribution in [3.8, 4) is 5.75 Å². The second-order valence-electron chi connectivity index (χ2n) is 6.53. The summed E-state index contributed by atoms with van der Waals surface area (Å²) in [6.07, 6.45) is -0.194. The molecule has 7 heteroatoms. The number of carbonyl (C=O) groups is 1. The number of carboxylic acid groups (broad SMARTS) is 1. The van der Waals surface area contributed by atoms with Crippen LogP contribution in [0.15, 0.2) is 22.7 Å². The number of rotatable bonds is 4. The second kappa shape index (κ2) is 5.87. The fraction of sp³-hybridized carbons (Fsp3) is 0.533. The van der Waals surface area contributed by atoms with Crippen LogP contribution in [0, 0.1) is 0 Å². The average molecular weight is 371 g/mol. The minimum atomic E-state index is -0.973. The van der Waals surface area contributed by atoms with E-state index in [1.54, 1.807) is 12.1 Å². The van der Waals surface area contributed by atoms with Gasteiger partial charge in [0.15, 0.2) is 0 Å². The minimum Gasteiger partial charge on any atom is -0.508 e. The molecule has 2 N–H and O–H groups in total. The van der Waals surface area contributed by atoms with Crippen LogP contribution in [0.2, 0.25) is 0 Å². The molecule has 0 aliphatic carbocycles. The number of benzene rings is 1. The van der Waals surface area contributed by atoms with E-state index >= 15 is 0 Å². The first-order valence-corrected chi connectivity index (χ1v) is 7.88. The molecule has 1 heterocycles. The number of phenolic OH excluding ortho intramolecular Hbond substituents is 1. The van der Waals surface area contributed by atoms with Crippen molar-refractivity contribution in [3.05, 3.63) is 28.2 Å². The smallest absolute Gasteiger partial charge is 0.466 e. The summed E-state index contributed by atoms with van der Waals surface area (Å²) in [6, 6.07) is 4.92. The van der Waals surface area contributed by atoms with Gasteiger partial charge in [-0.05, 0) is 51.5 Å². The number of aromatic hydroxyl groups is 1.